The number of anilines is 1. The number of β-amino-alcohol motifs (C(OH)–C–C–N with tert-alkyl or cyclic N) is 2. The lowest BCUT2D eigenvalue weighted by Gasteiger charge is -2.51. The van der Waals surface area contributed by atoms with E-state index >= 15 is 0 Å². The Labute approximate surface area is 291 Å². The Kier molecular flexibility index (Phi) is 9.33. The van der Waals surface area contributed by atoms with Crippen LogP contribution in [0.3, 0.4) is 0 Å². The number of nitrogens with one attached hydrogen (secondary N) is 1. The van der Waals surface area contributed by atoms with Crippen LogP contribution in [-0.4, -0.2) is 87.4 Å². The van der Waals surface area contributed by atoms with Gasteiger partial charge in [-0.15, -0.1) is 0 Å². The minimum absolute atomic E-state index is 0.0404. The number of aryl methyl sites for hydroxylation is 1. The van der Waals surface area contributed by atoms with Crippen LogP contribution >= 0.6 is 11.6 Å². The van der Waals surface area contributed by atoms with Crippen molar-refractivity contribution in [3.05, 3.63) is 58.1 Å². The Balaban J connectivity index is 1.29. The molecule has 10 heteroatoms. The lowest BCUT2D eigenvalue weighted by atomic mass is 9.62. The van der Waals surface area contributed by atoms with Crippen LogP contribution in [0.15, 0.2) is 36.4 Å². The van der Waals surface area contributed by atoms with Gasteiger partial charge in [-0.05, 0) is 123 Å². The number of nitrogens with zero attached hydrogens (tertiary/aromatic N) is 2. The number of aliphatic hydroxyl groups excluding tert-OH is 1. The second kappa shape index (κ2) is 13.1. The smallest absolute Gasteiger partial charge is 0.262 e. The molecule has 2 fully saturated rings. The van der Waals surface area contributed by atoms with Gasteiger partial charge in [0.05, 0.1) is 33.7 Å². The SMILES string of the molecule is C=S1(=O)NC(=O)c2ccc3c(c2)N(C[C@@H]2CC[C@H]2[C@@](O)(CN2CC[C@H](O)C2)CCC[C@H](C)[C@H]1C)C[C@@]1(CCCc2cc(Cl)ccc21)CO3. The van der Waals surface area contributed by atoms with E-state index in [1.807, 2.05) is 25.1 Å². The van der Waals surface area contributed by atoms with Gasteiger partial charge in [0.15, 0.2) is 0 Å². The van der Waals surface area contributed by atoms with E-state index in [-0.39, 0.29) is 40.4 Å². The molecule has 3 aliphatic heterocycles. The summed E-state index contributed by atoms with van der Waals surface area (Å²) in [5.41, 5.74) is 2.70. The van der Waals surface area contributed by atoms with Gasteiger partial charge in [0.2, 0.25) is 0 Å². The number of likely N-dealkylation sites (tertiary alicyclic amines) is 1. The molecule has 1 spiro atoms. The van der Waals surface area contributed by atoms with E-state index in [2.05, 4.69) is 39.4 Å². The number of aliphatic hydroxyl groups is 2. The van der Waals surface area contributed by atoms with Crippen LogP contribution in [0.1, 0.15) is 86.7 Å². The van der Waals surface area contributed by atoms with Gasteiger partial charge in [0.25, 0.3) is 5.91 Å². The summed E-state index contributed by atoms with van der Waals surface area (Å²) >= 11 is 6.47. The number of carbonyl (C=O) groups is 1. The molecule has 5 aliphatic rings. The standard InChI is InChI=1S/C38H52ClN3O5S/c1-25-6-4-16-38(45,23-41-17-14-31(43)21-41)33-11-8-29(33)20-42-22-37(15-5-7-27-18-30(39)10-12-32(27)37)24-47-35-13-9-28(19-34(35)42)36(44)40-48(3,46)26(25)2/h9-10,12-13,18-19,25-26,29,31,33,43,45H,3-8,11,14-17,20-24H2,1-2H3,(H,40,44,46)/t25-,26+,29-,31-,33+,37-,38-,48?/m0/s1. The normalized spacial score (nSPS) is 37.5. The molecule has 8 atom stereocenters. The van der Waals surface area contributed by atoms with Crippen molar-refractivity contribution in [1.29, 1.82) is 0 Å². The number of benzene rings is 2. The van der Waals surface area contributed by atoms with Crippen LogP contribution in [0.5, 0.6) is 5.75 Å². The summed E-state index contributed by atoms with van der Waals surface area (Å²) in [4.78, 5) is 18.3. The first kappa shape index (κ1) is 34.2. The van der Waals surface area contributed by atoms with Crippen LogP contribution in [0.4, 0.5) is 5.69 Å². The first-order valence-electron chi connectivity index (χ1n) is 18.0. The second-order valence-corrected chi connectivity index (χ2v) is 18.6. The zero-order valence-corrected chi connectivity index (χ0v) is 30.0. The zero-order chi connectivity index (χ0) is 33.8. The largest absolute Gasteiger partial charge is 0.490 e. The molecule has 1 amide bonds. The molecule has 262 valence electrons. The van der Waals surface area contributed by atoms with Crippen molar-refractivity contribution in [3.8, 4) is 5.75 Å². The molecule has 2 aromatic carbocycles. The number of amides is 1. The maximum Gasteiger partial charge on any atom is 0.262 e. The average molecular weight is 698 g/mol. The Morgan fingerprint density at radius 3 is 2.67 bits per heavy atom. The van der Waals surface area contributed by atoms with Gasteiger partial charge >= 0.3 is 0 Å². The molecule has 1 saturated heterocycles. The number of hydrogen-bond donors (Lipinski definition) is 3. The van der Waals surface area contributed by atoms with Crippen LogP contribution in [-0.2, 0) is 21.5 Å². The molecule has 0 aromatic heterocycles. The number of halogens is 1. The van der Waals surface area contributed by atoms with E-state index in [1.54, 1.807) is 6.07 Å². The number of fused-ring (bicyclic) bond motifs is 4. The molecular formula is C38H52ClN3O5S. The number of ether oxygens (including phenoxy) is 1. The van der Waals surface area contributed by atoms with E-state index in [0.717, 1.165) is 87.5 Å². The van der Waals surface area contributed by atoms with Crippen molar-refractivity contribution in [3.63, 3.8) is 0 Å². The Morgan fingerprint density at radius 2 is 1.92 bits per heavy atom. The highest BCUT2D eigenvalue weighted by molar-refractivity contribution is 7.99. The second-order valence-electron chi connectivity index (χ2n) is 15.7. The fourth-order valence-electron chi connectivity index (χ4n) is 9.41. The molecule has 48 heavy (non-hydrogen) atoms. The lowest BCUT2D eigenvalue weighted by molar-refractivity contribution is -0.104. The molecule has 3 heterocycles. The first-order valence-corrected chi connectivity index (χ1v) is 20.1. The minimum atomic E-state index is -2.95. The minimum Gasteiger partial charge on any atom is -0.490 e. The summed E-state index contributed by atoms with van der Waals surface area (Å²) < 4.78 is 23.4. The molecule has 0 radical (unpaired) electrons. The number of carbonyl (C=O) groups excluding carboxylic acids is 1. The lowest BCUT2D eigenvalue weighted by Crippen LogP contribution is -2.56. The summed E-state index contributed by atoms with van der Waals surface area (Å²) in [5, 5.41) is 23.4. The maximum atomic E-state index is 13.9. The van der Waals surface area contributed by atoms with Crippen LogP contribution in [0.25, 0.3) is 0 Å². The zero-order valence-electron chi connectivity index (χ0n) is 28.5. The topological polar surface area (TPSA) is 102 Å². The third-order valence-electron chi connectivity index (χ3n) is 12.5. The Morgan fingerprint density at radius 1 is 1.08 bits per heavy atom. The molecule has 1 unspecified atom stereocenters. The van der Waals surface area contributed by atoms with Crippen LogP contribution in [0, 0.1) is 17.8 Å². The van der Waals surface area contributed by atoms with E-state index in [1.165, 1.54) is 11.1 Å². The van der Waals surface area contributed by atoms with Crippen molar-refractivity contribution >= 4 is 38.8 Å². The van der Waals surface area contributed by atoms with Gasteiger partial charge in [-0.1, -0.05) is 31.0 Å². The average Bonchev–Trinajstić information content (AvgIpc) is 3.36. The first-order chi connectivity index (χ1) is 22.9. The summed E-state index contributed by atoms with van der Waals surface area (Å²) in [6.07, 6.45) is 7.60. The van der Waals surface area contributed by atoms with Crippen molar-refractivity contribution in [2.75, 3.05) is 44.2 Å². The maximum absolute atomic E-state index is 13.9. The van der Waals surface area contributed by atoms with E-state index < -0.39 is 15.3 Å². The van der Waals surface area contributed by atoms with Crippen molar-refractivity contribution < 1.29 is 24.0 Å². The predicted molar refractivity (Wildman–Crippen MR) is 194 cm³/mol. The molecule has 3 N–H and O–H groups in total. The molecule has 7 rings (SSSR count). The van der Waals surface area contributed by atoms with E-state index in [4.69, 9.17) is 16.3 Å². The Bertz CT molecular complexity index is 1650. The summed E-state index contributed by atoms with van der Waals surface area (Å²) in [5.74, 6) is 4.79. The predicted octanol–water partition coefficient (Wildman–Crippen LogP) is 5.21. The van der Waals surface area contributed by atoms with Crippen LogP contribution < -0.4 is 14.4 Å². The van der Waals surface area contributed by atoms with Crippen molar-refractivity contribution in [2.24, 2.45) is 17.8 Å². The summed E-state index contributed by atoms with van der Waals surface area (Å²) in [6.45, 7) is 7.90. The van der Waals surface area contributed by atoms with Gasteiger partial charge in [0.1, 0.15) is 5.75 Å². The van der Waals surface area contributed by atoms with E-state index in [0.29, 0.717) is 31.7 Å². The Hall–Kier alpha value is -2.30. The van der Waals surface area contributed by atoms with Gasteiger partial charge in [-0.2, -0.15) is 0 Å². The van der Waals surface area contributed by atoms with Crippen LogP contribution in [0.2, 0.25) is 5.02 Å². The van der Waals surface area contributed by atoms with Gasteiger partial charge in [-0.3, -0.25) is 14.4 Å². The molecular weight excluding hydrogens is 646 g/mol. The van der Waals surface area contributed by atoms with E-state index in [9.17, 15) is 19.2 Å². The quantitative estimate of drug-likeness (QED) is 0.371. The third kappa shape index (κ3) is 6.50. The van der Waals surface area contributed by atoms with Crippen molar-refractivity contribution in [1.82, 2.24) is 9.62 Å². The highest BCUT2D eigenvalue weighted by Crippen LogP contribution is 2.49. The summed E-state index contributed by atoms with van der Waals surface area (Å²) in [7, 11) is -2.95. The van der Waals surface area contributed by atoms with Gasteiger partial charge < -0.3 is 19.8 Å². The highest BCUT2D eigenvalue weighted by Gasteiger charge is 2.49. The third-order valence-corrected chi connectivity index (χ3v) is 15.0. The van der Waals surface area contributed by atoms with Crippen molar-refractivity contribution in [2.45, 2.75) is 94.0 Å². The van der Waals surface area contributed by atoms with Gasteiger partial charge in [-0.25, -0.2) is 4.21 Å². The molecule has 2 aliphatic carbocycles. The van der Waals surface area contributed by atoms with Gasteiger partial charge in [0, 0.05) is 54.0 Å². The fraction of sp³-hybridized carbons (Fsp3) is 0.632. The fourth-order valence-corrected chi connectivity index (χ4v) is 11.1. The number of hydrogen-bond acceptors (Lipinski definition) is 7. The molecule has 2 aromatic rings. The summed E-state index contributed by atoms with van der Waals surface area (Å²) in [6, 6.07) is 11.8. The number of rotatable bonds is 2. The molecule has 1 saturated carbocycles. The highest BCUT2D eigenvalue weighted by atomic mass is 35.5. The monoisotopic (exact) mass is 697 g/mol. The molecule has 8 nitrogen and oxygen atoms in total. The molecule has 2 bridgehead atoms.